The van der Waals surface area contributed by atoms with E-state index in [1.807, 2.05) is 0 Å². The van der Waals surface area contributed by atoms with Gasteiger partial charge in [-0.2, -0.15) is 0 Å². The van der Waals surface area contributed by atoms with Gasteiger partial charge in [0.05, 0.1) is 19.8 Å². The number of carbonyl (C=O) groups excluding carboxylic acids is 2. The Labute approximate surface area is 124 Å². The fraction of sp³-hybridized carbons (Fsp3) is 0.769. The molecule has 122 valence electrons. The number of hydrogen-bond donors (Lipinski definition) is 3. The molecule has 0 aliphatic rings. The van der Waals surface area contributed by atoms with Crippen molar-refractivity contribution in [1.29, 1.82) is 0 Å². The summed E-state index contributed by atoms with van der Waals surface area (Å²) in [7, 11) is 1.54. The first kappa shape index (κ1) is 19.5. The summed E-state index contributed by atoms with van der Waals surface area (Å²) < 4.78 is 10.2. The molecule has 0 rings (SSSR count). The van der Waals surface area contributed by atoms with E-state index >= 15 is 0 Å². The zero-order chi connectivity index (χ0) is 16.1. The van der Waals surface area contributed by atoms with E-state index in [9.17, 15) is 14.4 Å². The van der Waals surface area contributed by atoms with Gasteiger partial charge in [0.1, 0.15) is 12.6 Å². The standard InChI is InChI=1S/C13H24N2O6/c1-10(16)9-21-8-7-20-6-5-15-12(17)4-3-11(14-2)13(18)19/h11,14H,3-9H2,1-2H3,(H,15,17)(H,18,19)/t11-/m0/s1. The second kappa shape index (κ2) is 12.2. The molecule has 0 aromatic heterocycles. The summed E-state index contributed by atoms with van der Waals surface area (Å²) in [5.74, 6) is -1.23. The minimum atomic E-state index is -0.973. The molecule has 0 aromatic carbocycles. The van der Waals surface area contributed by atoms with E-state index < -0.39 is 12.0 Å². The van der Waals surface area contributed by atoms with Crippen LogP contribution in [0.2, 0.25) is 0 Å². The maximum absolute atomic E-state index is 11.4. The van der Waals surface area contributed by atoms with Gasteiger partial charge >= 0.3 is 5.97 Å². The molecule has 3 N–H and O–H groups in total. The zero-order valence-corrected chi connectivity index (χ0v) is 12.5. The summed E-state index contributed by atoms with van der Waals surface area (Å²) in [6.45, 7) is 2.89. The molecule has 8 heteroatoms. The fourth-order valence-electron chi connectivity index (χ4n) is 1.45. The molecule has 0 spiro atoms. The number of nitrogens with one attached hydrogen (secondary N) is 2. The van der Waals surface area contributed by atoms with Crippen LogP contribution in [0.15, 0.2) is 0 Å². The first-order chi connectivity index (χ1) is 9.97. The van der Waals surface area contributed by atoms with Gasteiger partial charge in [-0.25, -0.2) is 0 Å². The van der Waals surface area contributed by atoms with Crippen LogP contribution in [0.1, 0.15) is 19.8 Å². The molecule has 0 fully saturated rings. The second-order valence-corrected chi connectivity index (χ2v) is 4.44. The minimum absolute atomic E-state index is 0.0384. The Kier molecular flexibility index (Phi) is 11.4. The number of ether oxygens (including phenoxy) is 2. The molecule has 0 aliphatic heterocycles. The molecule has 8 nitrogen and oxygen atoms in total. The van der Waals surface area contributed by atoms with Gasteiger partial charge in [0.25, 0.3) is 0 Å². The summed E-state index contributed by atoms with van der Waals surface area (Å²) in [6, 6.07) is -0.717. The molecule has 0 aromatic rings. The van der Waals surface area contributed by atoms with Crippen molar-refractivity contribution < 1.29 is 29.0 Å². The summed E-state index contributed by atoms with van der Waals surface area (Å²) in [6.07, 6.45) is 0.372. The number of amides is 1. The highest BCUT2D eigenvalue weighted by Gasteiger charge is 2.15. The third-order valence-electron chi connectivity index (χ3n) is 2.55. The number of carboxylic acids is 1. The number of carbonyl (C=O) groups is 3. The number of aliphatic carboxylic acids is 1. The van der Waals surface area contributed by atoms with Crippen molar-refractivity contribution in [2.45, 2.75) is 25.8 Å². The van der Waals surface area contributed by atoms with Crippen LogP contribution >= 0.6 is 0 Å². The number of hydrogen-bond acceptors (Lipinski definition) is 6. The highest BCUT2D eigenvalue weighted by molar-refractivity contribution is 5.78. The first-order valence-electron chi connectivity index (χ1n) is 6.79. The maximum atomic E-state index is 11.4. The van der Waals surface area contributed by atoms with Crippen LogP contribution in [-0.2, 0) is 23.9 Å². The van der Waals surface area contributed by atoms with Crippen molar-refractivity contribution in [3.8, 4) is 0 Å². The van der Waals surface area contributed by atoms with E-state index in [1.165, 1.54) is 6.92 Å². The molecule has 0 saturated carbocycles. The molecular weight excluding hydrogens is 280 g/mol. The lowest BCUT2D eigenvalue weighted by Gasteiger charge is -2.11. The van der Waals surface area contributed by atoms with E-state index in [1.54, 1.807) is 7.05 Å². The van der Waals surface area contributed by atoms with Crippen LogP contribution in [0.4, 0.5) is 0 Å². The van der Waals surface area contributed by atoms with Crippen molar-refractivity contribution >= 4 is 17.7 Å². The Balaban J connectivity index is 3.45. The number of likely N-dealkylation sites (N-methyl/N-ethyl adjacent to an activating group) is 1. The van der Waals surface area contributed by atoms with Crippen molar-refractivity contribution in [3.05, 3.63) is 0 Å². The molecule has 0 unspecified atom stereocenters. The molecular formula is C13H24N2O6. The Morgan fingerprint density at radius 2 is 1.81 bits per heavy atom. The third kappa shape index (κ3) is 12.0. The van der Waals surface area contributed by atoms with Crippen LogP contribution in [0.5, 0.6) is 0 Å². The van der Waals surface area contributed by atoms with E-state index in [0.29, 0.717) is 26.4 Å². The number of carboxylic acid groups (broad SMARTS) is 1. The van der Waals surface area contributed by atoms with Gasteiger partial charge in [-0.15, -0.1) is 0 Å². The lowest BCUT2D eigenvalue weighted by Crippen LogP contribution is -2.36. The monoisotopic (exact) mass is 304 g/mol. The molecule has 0 bridgehead atoms. The van der Waals surface area contributed by atoms with Gasteiger partial charge in [-0.05, 0) is 20.4 Å². The van der Waals surface area contributed by atoms with Crippen LogP contribution in [0.25, 0.3) is 0 Å². The van der Waals surface area contributed by atoms with Gasteiger partial charge in [-0.1, -0.05) is 0 Å². The summed E-state index contributed by atoms with van der Waals surface area (Å²) >= 11 is 0. The average molecular weight is 304 g/mol. The normalized spacial score (nSPS) is 11.9. The summed E-state index contributed by atoms with van der Waals surface area (Å²) in [5.41, 5.74) is 0. The van der Waals surface area contributed by atoms with Crippen molar-refractivity contribution in [2.75, 3.05) is 40.0 Å². The summed E-state index contributed by atoms with van der Waals surface area (Å²) in [5, 5.41) is 14.0. The van der Waals surface area contributed by atoms with Crippen LogP contribution in [-0.4, -0.2) is 68.8 Å². The van der Waals surface area contributed by atoms with Crippen molar-refractivity contribution in [1.82, 2.24) is 10.6 Å². The highest BCUT2D eigenvalue weighted by atomic mass is 16.5. The van der Waals surface area contributed by atoms with Gasteiger partial charge in [-0.3, -0.25) is 14.4 Å². The van der Waals surface area contributed by atoms with E-state index in [-0.39, 0.29) is 31.1 Å². The molecule has 0 heterocycles. The average Bonchev–Trinajstić information content (AvgIpc) is 2.41. The Bertz CT molecular complexity index is 335. The molecule has 1 atom stereocenters. The molecule has 0 radical (unpaired) electrons. The van der Waals surface area contributed by atoms with E-state index in [0.717, 1.165) is 0 Å². The Morgan fingerprint density at radius 3 is 2.38 bits per heavy atom. The molecule has 21 heavy (non-hydrogen) atoms. The number of rotatable bonds is 13. The van der Waals surface area contributed by atoms with Crippen LogP contribution in [0.3, 0.4) is 0 Å². The molecule has 1 amide bonds. The fourth-order valence-corrected chi connectivity index (χ4v) is 1.45. The Hall–Kier alpha value is -1.51. The van der Waals surface area contributed by atoms with Crippen LogP contribution < -0.4 is 10.6 Å². The quantitative estimate of drug-likeness (QED) is 0.381. The van der Waals surface area contributed by atoms with E-state index in [4.69, 9.17) is 14.6 Å². The van der Waals surface area contributed by atoms with Gasteiger partial charge < -0.3 is 25.2 Å². The van der Waals surface area contributed by atoms with Gasteiger partial charge in [0.15, 0.2) is 5.78 Å². The SMILES string of the molecule is CN[C@@H](CCC(=O)NCCOCCOCC(C)=O)C(=O)O. The number of Topliss-reactive ketones (excluding diaryl/α,β-unsaturated/α-hetero) is 1. The first-order valence-corrected chi connectivity index (χ1v) is 6.79. The zero-order valence-electron chi connectivity index (χ0n) is 12.5. The topological polar surface area (TPSA) is 114 Å². The smallest absolute Gasteiger partial charge is 0.320 e. The molecule has 0 aliphatic carbocycles. The summed E-state index contributed by atoms with van der Waals surface area (Å²) in [4.78, 5) is 32.7. The predicted octanol–water partition coefficient (Wildman–Crippen LogP) is -0.822. The molecule has 0 saturated heterocycles. The van der Waals surface area contributed by atoms with Crippen molar-refractivity contribution in [3.63, 3.8) is 0 Å². The second-order valence-electron chi connectivity index (χ2n) is 4.44. The Morgan fingerprint density at radius 1 is 1.14 bits per heavy atom. The predicted molar refractivity (Wildman–Crippen MR) is 75.0 cm³/mol. The largest absolute Gasteiger partial charge is 0.480 e. The van der Waals surface area contributed by atoms with Crippen LogP contribution in [0, 0.1) is 0 Å². The third-order valence-corrected chi connectivity index (χ3v) is 2.55. The van der Waals surface area contributed by atoms with Crippen molar-refractivity contribution in [2.24, 2.45) is 0 Å². The highest BCUT2D eigenvalue weighted by Crippen LogP contribution is 1.96. The lowest BCUT2D eigenvalue weighted by molar-refractivity contribution is -0.139. The van der Waals surface area contributed by atoms with Gasteiger partial charge in [0, 0.05) is 13.0 Å². The number of ketones is 1. The maximum Gasteiger partial charge on any atom is 0.320 e. The minimum Gasteiger partial charge on any atom is -0.480 e. The lowest BCUT2D eigenvalue weighted by atomic mass is 10.1. The van der Waals surface area contributed by atoms with Gasteiger partial charge in [0.2, 0.25) is 5.91 Å². The van der Waals surface area contributed by atoms with E-state index in [2.05, 4.69) is 10.6 Å².